The molecule has 0 radical (unpaired) electrons. The zero-order valence-electron chi connectivity index (χ0n) is 13.4. The third-order valence-electron chi connectivity index (χ3n) is 4.68. The Morgan fingerprint density at radius 3 is 2.71 bits per heavy atom. The number of carbonyl (C=O) groups excluding carboxylic acids is 1. The highest BCUT2D eigenvalue weighted by Crippen LogP contribution is 2.36. The van der Waals surface area contributed by atoms with Crippen LogP contribution in [-0.4, -0.2) is 17.2 Å². The topological polar surface area (TPSA) is 46.5 Å². The number of ether oxygens (including phenoxy) is 1. The zero-order valence-corrected chi connectivity index (χ0v) is 13.4. The number of phenolic OH excluding ortho intramolecular Hbond substituents is 1. The molecule has 1 aliphatic rings. The van der Waals surface area contributed by atoms with Crippen molar-refractivity contribution < 1.29 is 14.6 Å². The van der Waals surface area contributed by atoms with Crippen molar-refractivity contribution in [2.75, 3.05) is 0 Å². The maximum atomic E-state index is 12.4. The van der Waals surface area contributed by atoms with Gasteiger partial charge in [-0.1, -0.05) is 39.3 Å². The van der Waals surface area contributed by atoms with E-state index in [1.807, 2.05) is 0 Å². The van der Waals surface area contributed by atoms with E-state index in [0.29, 0.717) is 23.3 Å². The van der Waals surface area contributed by atoms with Gasteiger partial charge in [-0.2, -0.15) is 0 Å². The van der Waals surface area contributed by atoms with Crippen LogP contribution in [0.1, 0.15) is 56.0 Å². The number of esters is 1. The molecule has 3 heteroatoms. The average Bonchev–Trinajstić information content (AvgIpc) is 2.41. The van der Waals surface area contributed by atoms with Gasteiger partial charge in [-0.3, -0.25) is 0 Å². The minimum Gasteiger partial charge on any atom is -0.507 e. The van der Waals surface area contributed by atoms with Gasteiger partial charge in [0.15, 0.2) is 0 Å². The SMILES string of the molecule is Cc1cccc(C(=O)OC2CC(C)CCC2C(C)C)c1O. The van der Waals surface area contributed by atoms with Gasteiger partial charge >= 0.3 is 5.97 Å². The fourth-order valence-corrected chi connectivity index (χ4v) is 3.27. The van der Waals surface area contributed by atoms with Gasteiger partial charge in [0, 0.05) is 0 Å². The van der Waals surface area contributed by atoms with Crippen LogP contribution in [0.5, 0.6) is 5.75 Å². The van der Waals surface area contributed by atoms with Gasteiger partial charge in [-0.25, -0.2) is 4.79 Å². The van der Waals surface area contributed by atoms with Gasteiger partial charge in [0.1, 0.15) is 17.4 Å². The first-order chi connectivity index (χ1) is 9.90. The molecule has 0 heterocycles. The summed E-state index contributed by atoms with van der Waals surface area (Å²) < 4.78 is 5.76. The number of phenols is 1. The molecular weight excluding hydrogens is 264 g/mol. The second-order valence-electron chi connectivity index (χ2n) is 6.74. The fraction of sp³-hybridized carbons (Fsp3) is 0.611. The minimum absolute atomic E-state index is 0.0347. The second kappa shape index (κ2) is 6.50. The predicted octanol–water partition coefficient (Wildman–Crippen LogP) is 4.32. The molecule has 116 valence electrons. The highest BCUT2D eigenvalue weighted by molar-refractivity contribution is 5.93. The molecule has 3 nitrogen and oxygen atoms in total. The quantitative estimate of drug-likeness (QED) is 0.843. The van der Waals surface area contributed by atoms with Crippen LogP contribution in [0.4, 0.5) is 0 Å². The molecule has 1 fully saturated rings. The van der Waals surface area contributed by atoms with E-state index >= 15 is 0 Å². The van der Waals surface area contributed by atoms with Crippen molar-refractivity contribution in [2.24, 2.45) is 17.8 Å². The molecular formula is C18H26O3. The fourth-order valence-electron chi connectivity index (χ4n) is 3.27. The van der Waals surface area contributed by atoms with Crippen molar-refractivity contribution in [1.82, 2.24) is 0 Å². The van der Waals surface area contributed by atoms with E-state index in [2.05, 4.69) is 20.8 Å². The molecule has 2 rings (SSSR count). The smallest absolute Gasteiger partial charge is 0.342 e. The summed E-state index contributed by atoms with van der Waals surface area (Å²) in [4.78, 5) is 12.4. The maximum absolute atomic E-state index is 12.4. The number of rotatable bonds is 3. The Hall–Kier alpha value is -1.51. The number of carbonyl (C=O) groups is 1. The van der Waals surface area contributed by atoms with Gasteiger partial charge in [-0.15, -0.1) is 0 Å². The predicted molar refractivity (Wildman–Crippen MR) is 83.4 cm³/mol. The zero-order chi connectivity index (χ0) is 15.6. The van der Waals surface area contributed by atoms with Crippen molar-refractivity contribution in [2.45, 2.75) is 53.1 Å². The van der Waals surface area contributed by atoms with Crippen molar-refractivity contribution in [3.8, 4) is 5.75 Å². The molecule has 21 heavy (non-hydrogen) atoms. The Kier molecular flexibility index (Phi) is 4.92. The largest absolute Gasteiger partial charge is 0.507 e. The highest BCUT2D eigenvalue weighted by Gasteiger charge is 2.34. The van der Waals surface area contributed by atoms with Crippen molar-refractivity contribution in [3.63, 3.8) is 0 Å². The Bertz CT molecular complexity index is 507. The minimum atomic E-state index is -0.402. The van der Waals surface area contributed by atoms with Crippen LogP contribution in [0.25, 0.3) is 0 Å². The second-order valence-corrected chi connectivity index (χ2v) is 6.74. The summed E-state index contributed by atoms with van der Waals surface area (Å²) in [5.41, 5.74) is 0.970. The lowest BCUT2D eigenvalue weighted by Crippen LogP contribution is -2.35. The molecule has 3 atom stereocenters. The van der Waals surface area contributed by atoms with E-state index < -0.39 is 5.97 Å². The van der Waals surface area contributed by atoms with Gasteiger partial charge in [0.05, 0.1) is 0 Å². The van der Waals surface area contributed by atoms with E-state index in [4.69, 9.17) is 4.74 Å². The summed E-state index contributed by atoms with van der Waals surface area (Å²) in [6.45, 7) is 8.37. The first kappa shape index (κ1) is 15.9. The number of para-hydroxylation sites is 1. The molecule has 0 bridgehead atoms. The lowest BCUT2D eigenvalue weighted by atomic mass is 9.75. The lowest BCUT2D eigenvalue weighted by Gasteiger charge is -2.36. The highest BCUT2D eigenvalue weighted by atomic mass is 16.5. The normalized spacial score (nSPS) is 25.9. The summed E-state index contributed by atoms with van der Waals surface area (Å²) in [6, 6.07) is 5.18. The van der Waals surface area contributed by atoms with E-state index in [1.165, 1.54) is 6.42 Å². The Labute approximate surface area is 127 Å². The summed E-state index contributed by atoms with van der Waals surface area (Å²) in [5.74, 6) is 1.14. The van der Waals surface area contributed by atoms with E-state index in [1.54, 1.807) is 25.1 Å². The van der Waals surface area contributed by atoms with Crippen LogP contribution in [0.15, 0.2) is 18.2 Å². The average molecular weight is 290 g/mol. The van der Waals surface area contributed by atoms with Crippen molar-refractivity contribution in [3.05, 3.63) is 29.3 Å². The van der Waals surface area contributed by atoms with Crippen LogP contribution < -0.4 is 0 Å². The summed E-state index contributed by atoms with van der Waals surface area (Å²) in [6.07, 6.45) is 3.19. The number of aryl methyl sites for hydroxylation is 1. The lowest BCUT2D eigenvalue weighted by molar-refractivity contribution is -0.0176. The Balaban J connectivity index is 2.14. The molecule has 1 aliphatic carbocycles. The molecule has 1 aromatic rings. The van der Waals surface area contributed by atoms with Crippen LogP contribution >= 0.6 is 0 Å². The molecule has 1 saturated carbocycles. The summed E-state index contributed by atoms with van der Waals surface area (Å²) in [7, 11) is 0. The molecule has 0 aromatic heterocycles. The number of hydrogen-bond acceptors (Lipinski definition) is 3. The third kappa shape index (κ3) is 3.58. The van der Waals surface area contributed by atoms with Crippen LogP contribution in [-0.2, 0) is 4.74 Å². The van der Waals surface area contributed by atoms with Crippen molar-refractivity contribution in [1.29, 1.82) is 0 Å². The van der Waals surface area contributed by atoms with E-state index in [9.17, 15) is 9.90 Å². The molecule has 3 unspecified atom stereocenters. The monoisotopic (exact) mass is 290 g/mol. The summed E-state index contributed by atoms with van der Waals surface area (Å²) >= 11 is 0. The van der Waals surface area contributed by atoms with Gasteiger partial charge in [0.2, 0.25) is 0 Å². The van der Waals surface area contributed by atoms with E-state index in [-0.39, 0.29) is 17.4 Å². The third-order valence-corrected chi connectivity index (χ3v) is 4.68. The van der Waals surface area contributed by atoms with Crippen LogP contribution in [0.3, 0.4) is 0 Å². The number of aromatic hydroxyl groups is 1. The van der Waals surface area contributed by atoms with E-state index in [0.717, 1.165) is 12.8 Å². The van der Waals surface area contributed by atoms with Crippen molar-refractivity contribution >= 4 is 5.97 Å². The van der Waals surface area contributed by atoms with Gasteiger partial charge in [0.25, 0.3) is 0 Å². The molecule has 1 N–H and O–H groups in total. The summed E-state index contributed by atoms with van der Waals surface area (Å²) in [5, 5.41) is 10.0. The maximum Gasteiger partial charge on any atom is 0.342 e. The van der Waals surface area contributed by atoms with Gasteiger partial charge < -0.3 is 9.84 Å². The first-order valence-electron chi connectivity index (χ1n) is 7.89. The number of hydrogen-bond donors (Lipinski definition) is 1. The van der Waals surface area contributed by atoms with Crippen LogP contribution in [0, 0.1) is 24.7 Å². The van der Waals surface area contributed by atoms with Gasteiger partial charge in [-0.05, 0) is 49.1 Å². The molecule has 0 aliphatic heterocycles. The molecule has 0 spiro atoms. The van der Waals surface area contributed by atoms with Crippen LogP contribution in [0.2, 0.25) is 0 Å². The molecule has 0 saturated heterocycles. The standard InChI is InChI=1S/C18H26O3/c1-11(2)14-9-8-12(3)10-16(14)21-18(20)15-7-5-6-13(4)17(15)19/h5-7,11-12,14,16,19H,8-10H2,1-4H3. The molecule has 1 aromatic carbocycles. The Morgan fingerprint density at radius 1 is 1.33 bits per heavy atom. The number of benzene rings is 1. The first-order valence-corrected chi connectivity index (χ1v) is 7.89. The Morgan fingerprint density at radius 2 is 2.05 bits per heavy atom. The molecule has 0 amide bonds.